The van der Waals surface area contributed by atoms with Crippen LogP contribution in [0, 0.1) is 11.3 Å². The Morgan fingerprint density at radius 1 is 0.397 bits per heavy atom. The Morgan fingerprint density at radius 3 is 1.34 bits per heavy atom. The summed E-state index contributed by atoms with van der Waals surface area (Å²) in [5.41, 5.74) is -2.65. The fourth-order valence-corrected chi connectivity index (χ4v) is 8.99. The second kappa shape index (κ2) is 15.5. The zero-order chi connectivity index (χ0) is 48.1. The Labute approximate surface area is 376 Å². The van der Waals surface area contributed by atoms with Gasteiger partial charge in [-0.15, -0.1) is 0 Å². The molecule has 0 aliphatic carbocycles. The van der Waals surface area contributed by atoms with Gasteiger partial charge in [0.25, 0.3) is 0 Å². The standard InChI is InChI=1S/C52H26F12N4/c53-49(54,55)31-14-16-33(40(25-31)51(59,60)61)29-12-19-44-37(23-29)35-6-1-3-8-42(35)67(44)46-18-11-28(27-65)22-39(46)48-47(10-5-21-66-48)68-43-9-4-2-7-36(43)38-24-30(13-20-45(38)68)34-17-15-32(50(56,57)58)26-41(34)52(62,63)64/h1-26H. The average Bonchev–Trinajstić information content (AvgIpc) is 3.82. The Morgan fingerprint density at radius 2 is 0.868 bits per heavy atom. The Balaban J connectivity index is 1.18. The summed E-state index contributed by atoms with van der Waals surface area (Å²) in [5.74, 6) is 0. The molecule has 4 nitrogen and oxygen atoms in total. The molecule has 10 aromatic rings. The van der Waals surface area contributed by atoms with Gasteiger partial charge in [-0.1, -0.05) is 60.7 Å². The van der Waals surface area contributed by atoms with E-state index < -0.39 is 58.1 Å². The van der Waals surface area contributed by atoms with Gasteiger partial charge in [0.15, 0.2) is 0 Å². The van der Waals surface area contributed by atoms with Gasteiger partial charge in [-0.05, 0) is 113 Å². The largest absolute Gasteiger partial charge is 0.417 e. The first-order valence-corrected chi connectivity index (χ1v) is 20.4. The lowest BCUT2D eigenvalue weighted by Crippen LogP contribution is -2.12. The summed E-state index contributed by atoms with van der Waals surface area (Å²) in [6, 6.07) is 36.3. The number of para-hydroxylation sites is 2. The second-order valence-electron chi connectivity index (χ2n) is 15.9. The molecule has 0 fully saturated rings. The predicted molar refractivity (Wildman–Crippen MR) is 234 cm³/mol. The molecule has 16 heteroatoms. The first kappa shape index (κ1) is 43.8. The summed E-state index contributed by atoms with van der Waals surface area (Å²) >= 11 is 0. The number of nitrogens with zero attached hydrogens (tertiary/aromatic N) is 4. The molecule has 338 valence electrons. The molecule has 3 heterocycles. The quantitative estimate of drug-likeness (QED) is 0.161. The summed E-state index contributed by atoms with van der Waals surface area (Å²) in [6.07, 6.45) is -18.8. The lowest BCUT2D eigenvalue weighted by Gasteiger charge is -2.18. The first-order chi connectivity index (χ1) is 32.2. The van der Waals surface area contributed by atoms with Gasteiger partial charge in [0.1, 0.15) is 0 Å². The highest BCUT2D eigenvalue weighted by atomic mass is 19.4. The van der Waals surface area contributed by atoms with Crippen LogP contribution in [0.2, 0.25) is 0 Å². The smallest absolute Gasteiger partial charge is 0.309 e. The van der Waals surface area contributed by atoms with Gasteiger partial charge in [-0.25, -0.2) is 0 Å². The van der Waals surface area contributed by atoms with Crippen molar-refractivity contribution in [3.63, 3.8) is 0 Å². The normalized spacial score (nSPS) is 12.7. The molecule has 10 rings (SSSR count). The number of hydrogen-bond donors (Lipinski definition) is 0. The maximum atomic E-state index is 14.4. The monoisotopic (exact) mass is 934 g/mol. The third kappa shape index (κ3) is 7.34. The fraction of sp³-hybridized carbons (Fsp3) is 0.0769. The molecule has 0 radical (unpaired) electrons. The van der Waals surface area contributed by atoms with Gasteiger partial charge in [-0.3, -0.25) is 4.98 Å². The van der Waals surface area contributed by atoms with Crippen molar-refractivity contribution < 1.29 is 52.7 Å². The summed E-state index contributed by atoms with van der Waals surface area (Å²) in [6.45, 7) is 0. The van der Waals surface area contributed by atoms with E-state index in [0.717, 1.165) is 12.1 Å². The third-order valence-corrected chi connectivity index (χ3v) is 11.9. The minimum absolute atomic E-state index is 0.0102. The highest BCUT2D eigenvalue weighted by molar-refractivity contribution is 6.12. The van der Waals surface area contributed by atoms with E-state index in [4.69, 9.17) is 4.98 Å². The fourth-order valence-electron chi connectivity index (χ4n) is 8.99. The molecule has 0 saturated heterocycles. The van der Waals surface area contributed by atoms with E-state index in [2.05, 4.69) is 6.07 Å². The molecule has 3 aromatic heterocycles. The van der Waals surface area contributed by atoms with Gasteiger partial charge in [0.2, 0.25) is 0 Å². The van der Waals surface area contributed by atoms with Crippen molar-refractivity contribution in [3.8, 4) is 51.0 Å². The van der Waals surface area contributed by atoms with Crippen LogP contribution in [0.15, 0.2) is 158 Å². The molecular formula is C52H26F12N4. The van der Waals surface area contributed by atoms with E-state index in [-0.39, 0.29) is 28.8 Å². The van der Waals surface area contributed by atoms with E-state index in [0.29, 0.717) is 78.4 Å². The average molecular weight is 935 g/mol. The molecule has 0 bridgehead atoms. The molecule has 7 aromatic carbocycles. The van der Waals surface area contributed by atoms with Gasteiger partial charge < -0.3 is 9.13 Å². The number of rotatable bonds is 5. The molecule has 0 aliphatic rings. The SMILES string of the molecule is N#Cc1ccc(-n2c3ccccc3c3cc(-c4ccc(C(F)(F)F)cc4C(F)(F)F)ccc32)c(-c2ncccc2-n2c3ccccc3c3cc(-c4ccc(C(F)(F)F)cc4C(F)(F)F)ccc32)c1. The van der Waals surface area contributed by atoms with Crippen LogP contribution in [-0.2, 0) is 24.7 Å². The van der Waals surface area contributed by atoms with Crippen LogP contribution in [0.4, 0.5) is 52.7 Å². The molecule has 0 atom stereocenters. The van der Waals surface area contributed by atoms with Crippen LogP contribution in [0.1, 0.15) is 27.8 Å². The van der Waals surface area contributed by atoms with E-state index in [9.17, 15) is 57.9 Å². The summed E-state index contributed by atoms with van der Waals surface area (Å²) < 4.78 is 171. The minimum Gasteiger partial charge on any atom is -0.309 e. The van der Waals surface area contributed by atoms with Gasteiger partial charge >= 0.3 is 24.7 Å². The van der Waals surface area contributed by atoms with E-state index >= 15 is 0 Å². The van der Waals surface area contributed by atoms with Crippen LogP contribution in [0.25, 0.3) is 88.5 Å². The summed E-state index contributed by atoms with van der Waals surface area (Å²) in [4.78, 5) is 4.82. The molecule has 0 spiro atoms. The molecule has 0 aliphatic heterocycles. The summed E-state index contributed by atoms with van der Waals surface area (Å²) in [7, 11) is 0. The number of alkyl halides is 12. The predicted octanol–water partition coefficient (Wildman–Crippen LogP) is 16.2. The van der Waals surface area contributed by atoms with Crippen molar-refractivity contribution in [2.45, 2.75) is 24.7 Å². The van der Waals surface area contributed by atoms with Crippen LogP contribution in [-0.4, -0.2) is 14.1 Å². The lowest BCUT2D eigenvalue weighted by molar-refractivity contribution is -0.144. The topological polar surface area (TPSA) is 46.5 Å². The van der Waals surface area contributed by atoms with E-state index in [1.165, 1.54) is 30.5 Å². The molecule has 0 N–H and O–H groups in total. The maximum Gasteiger partial charge on any atom is 0.417 e. The van der Waals surface area contributed by atoms with Crippen molar-refractivity contribution >= 4 is 43.6 Å². The van der Waals surface area contributed by atoms with Crippen molar-refractivity contribution in [1.29, 1.82) is 5.26 Å². The Kier molecular flexibility index (Phi) is 9.99. The highest BCUT2D eigenvalue weighted by Gasteiger charge is 2.40. The van der Waals surface area contributed by atoms with E-state index in [1.807, 2.05) is 9.13 Å². The Hall–Kier alpha value is -8.06. The summed E-state index contributed by atoms with van der Waals surface area (Å²) in [5, 5.41) is 12.3. The van der Waals surface area contributed by atoms with Gasteiger partial charge in [-0.2, -0.15) is 57.9 Å². The van der Waals surface area contributed by atoms with Crippen LogP contribution in [0.3, 0.4) is 0 Å². The molecule has 68 heavy (non-hydrogen) atoms. The zero-order valence-corrected chi connectivity index (χ0v) is 34.3. The van der Waals surface area contributed by atoms with Gasteiger partial charge in [0.05, 0.1) is 73.0 Å². The number of hydrogen-bond acceptors (Lipinski definition) is 2. The van der Waals surface area contributed by atoms with Crippen molar-refractivity contribution in [2.75, 3.05) is 0 Å². The number of aromatic nitrogens is 3. The van der Waals surface area contributed by atoms with Crippen LogP contribution in [0.5, 0.6) is 0 Å². The van der Waals surface area contributed by atoms with Gasteiger partial charge in [0, 0.05) is 33.3 Å². The van der Waals surface area contributed by atoms with Crippen molar-refractivity contribution in [3.05, 3.63) is 186 Å². The number of pyridine rings is 1. The number of halogens is 12. The number of benzene rings is 7. The van der Waals surface area contributed by atoms with E-state index in [1.54, 1.807) is 91.0 Å². The second-order valence-corrected chi connectivity index (χ2v) is 15.9. The lowest BCUT2D eigenvalue weighted by atomic mass is 9.95. The maximum absolute atomic E-state index is 14.4. The third-order valence-electron chi connectivity index (χ3n) is 11.9. The molecule has 0 unspecified atom stereocenters. The molecule has 0 amide bonds. The Bertz CT molecular complexity index is 3710. The molecular weight excluding hydrogens is 909 g/mol. The highest BCUT2D eigenvalue weighted by Crippen LogP contribution is 2.46. The van der Waals surface area contributed by atoms with Crippen molar-refractivity contribution in [1.82, 2.24) is 14.1 Å². The molecule has 0 saturated carbocycles. The number of fused-ring (bicyclic) bond motifs is 6. The zero-order valence-electron chi connectivity index (χ0n) is 34.3. The minimum atomic E-state index is -5.13. The van der Waals surface area contributed by atoms with Crippen LogP contribution >= 0.6 is 0 Å². The van der Waals surface area contributed by atoms with Crippen molar-refractivity contribution in [2.24, 2.45) is 0 Å². The first-order valence-electron chi connectivity index (χ1n) is 20.4. The van der Waals surface area contributed by atoms with Crippen LogP contribution < -0.4 is 0 Å². The number of nitriles is 1.